The second-order valence-electron chi connectivity index (χ2n) is 4.46. The van der Waals surface area contributed by atoms with Gasteiger partial charge in [-0.15, -0.1) is 0 Å². The molecule has 0 aromatic heterocycles. The lowest BCUT2D eigenvalue weighted by atomic mass is 10.3. The van der Waals surface area contributed by atoms with Crippen molar-refractivity contribution in [2.75, 3.05) is 19.8 Å². The van der Waals surface area contributed by atoms with Gasteiger partial charge in [-0.3, -0.25) is 4.79 Å². The van der Waals surface area contributed by atoms with Crippen LogP contribution in [0.4, 0.5) is 13.2 Å². The van der Waals surface area contributed by atoms with Crippen molar-refractivity contribution in [3.63, 3.8) is 0 Å². The highest BCUT2D eigenvalue weighted by molar-refractivity contribution is 6.35. The molecule has 1 atom stereocenters. The molecule has 0 heterocycles. The first-order valence-electron chi connectivity index (χ1n) is 6.19. The van der Waals surface area contributed by atoms with Gasteiger partial charge in [-0.2, -0.15) is 13.2 Å². The molecule has 1 aromatic carbocycles. The summed E-state index contributed by atoms with van der Waals surface area (Å²) in [6.45, 7) is -0.425. The number of amides is 1. The molecule has 4 nitrogen and oxygen atoms in total. The van der Waals surface area contributed by atoms with Gasteiger partial charge in [0, 0.05) is 11.1 Å². The molecule has 1 aromatic rings. The highest BCUT2D eigenvalue weighted by Gasteiger charge is 2.27. The van der Waals surface area contributed by atoms with Crippen LogP contribution in [-0.2, 0) is 9.53 Å². The van der Waals surface area contributed by atoms with E-state index in [4.69, 9.17) is 27.9 Å². The minimum Gasteiger partial charge on any atom is -0.482 e. The molecule has 9 heteroatoms. The van der Waals surface area contributed by atoms with E-state index in [-0.39, 0.29) is 24.0 Å². The molecule has 0 aliphatic rings. The lowest BCUT2D eigenvalue weighted by molar-refractivity contribution is -0.175. The van der Waals surface area contributed by atoms with Crippen LogP contribution in [0.5, 0.6) is 5.75 Å². The Labute approximate surface area is 135 Å². The van der Waals surface area contributed by atoms with Gasteiger partial charge in [-0.1, -0.05) is 23.2 Å². The fourth-order valence-electron chi connectivity index (χ4n) is 1.45. The molecule has 0 aliphatic carbocycles. The van der Waals surface area contributed by atoms with E-state index in [1.54, 1.807) is 6.07 Å². The molecular weight excluding hydrogens is 346 g/mol. The highest BCUT2D eigenvalue weighted by atomic mass is 35.5. The van der Waals surface area contributed by atoms with E-state index in [1.165, 1.54) is 19.1 Å². The lowest BCUT2D eigenvalue weighted by Crippen LogP contribution is -2.39. The number of hydrogen-bond acceptors (Lipinski definition) is 3. The van der Waals surface area contributed by atoms with Crippen LogP contribution in [0.2, 0.25) is 10.0 Å². The maximum Gasteiger partial charge on any atom is 0.411 e. The smallest absolute Gasteiger partial charge is 0.411 e. The molecule has 22 heavy (non-hydrogen) atoms. The van der Waals surface area contributed by atoms with Crippen LogP contribution in [0, 0.1) is 0 Å². The number of alkyl halides is 3. The Balaban J connectivity index is 2.30. The highest BCUT2D eigenvalue weighted by Crippen LogP contribution is 2.27. The van der Waals surface area contributed by atoms with Crippen LogP contribution in [0.25, 0.3) is 0 Å². The summed E-state index contributed by atoms with van der Waals surface area (Å²) in [5, 5.41) is 3.12. The fourth-order valence-corrected chi connectivity index (χ4v) is 1.91. The minimum absolute atomic E-state index is 0.252. The Morgan fingerprint density at radius 2 is 2.05 bits per heavy atom. The van der Waals surface area contributed by atoms with Crippen molar-refractivity contribution >= 4 is 29.1 Å². The Morgan fingerprint density at radius 1 is 1.36 bits per heavy atom. The van der Waals surface area contributed by atoms with Crippen molar-refractivity contribution in [3.8, 4) is 5.75 Å². The van der Waals surface area contributed by atoms with Gasteiger partial charge in [0.05, 0.1) is 11.6 Å². The summed E-state index contributed by atoms with van der Waals surface area (Å²) in [7, 11) is 0. The zero-order valence-electron chi connectivity index (χ0n) is 11.5. The van der Waals surface area contributed by atoms with Gasteiger partial charge in [0.15, 0.2) is 6.61 Å². The largest absolute Gasteiger partial charge is 0.482 e. The quantitative estimate of drug-likeness (QED) is 0.810. The molecule has 0 spiro atoms. The Bertz CT molecular complexity index is 512. The molecule has 0 saturated carbocycles. The normalized spacial score (nSPS) is 12.8. The van der Waals surface area contributed by atoms with Gasteiger partial charge >= 0.3 is 6.18 Å². The first-order chi connectivity index (χ1) is 10.2. The van der Waals surface area contributed by atoms with Gasteiger partial charge in [0.2, 0.25) is 0 Å². The maximum absolute atomic E-state index is 11.9. The Kier molecular flexibility index (Phi) is 7.25. The van der Waals surface area contributed by atoms with E-state index in [0.717, 1.165) is 0 Å². The van der Waals surface area contributed by atoms with Crippen molar-refractivity contribution in [1.29, 1.82) is 0 Å². The van der Waals surface area contributed by atoms with Gasteiger partial charge in [-0.25, -0.2) is 0 Å². The van der Waals surface area contributed by atoms with Crippen molar-refractivity contribution in [3.05, 3.63) is 28.2 Å². The van der Waals surface area contributed by atoms with Gasteiger partial charge < -0.3 is 14.8 Å². The second kappa shape index (κ2) is 8.45. The van der Waals surface area contributed by atoms with Crippen molar-refractivity contribution < 1.29 is 27.4 Å². The van der Waals surface area contributed by atoms with Crippen LogP contribution < -0.4 is 10.1 Å². The molecule has 0 aliphatic heterocycles. The molecule has 124 valence electrons. The maximum atomic E-state index is 11.9. The summed E-state index contributed by atoms with van der Waals surface area (Å²) < 4.78 is 45.3. The van der Waals surface area contributed by atoms with Gasteiger partial charge in [-0.05, 0) is 25.1 Å². The van der Waals surface area contributed by atoms with Crippen molar-refractivity contribution in [2.45, 2.75) is 19.1 Å². The third kappa shape index (κ3) is 7.72. The van der Waals surface area contributed by atoms with E-state index in [0.29, 0.717) is 5.02 Å². The number of rotatable bonds is 7. The molecule has 1 unspecified atom stereocenters. The monoisotopic (exact) mass is 359 g/mol. The molecule has 0 radical (unpaired) electrons. The summed E-state index contributed by atoms with van der Waals surface area (Å²) in [5.41, 5.74) is 0. The van der Waals surface area contributed by atoms with Crippen LogP contribution in [-0.4, -0.2) is 37.9 Å². The minimum atomic E-state index is -4.39. The summed E-state index contributed by atoms with van der Waals surface area (Å²) >= 11 is 11.6. The lowest BCUT2D eigenvalue weighted by Gasteiger charge is -2.15. The SMILES string of the molecule is CC(COCC(F)(F)F)NC(=O)COc1ccc(Cl)cc1Cl. The van der Waals surface area contributed by atoms with Crippen LogP contribution in [0.1, 0.15) is 6.92 Å². The molecule has 0 bridgehead atoms. The van der Waals surface area contributed by atoms with Crippen LogP contribution >= 0.6 is 23.2 Å². The molecule has 0 saturated heterocycles. The predicted molar refractivity (Wildman–Crippen MR) is 76.4 cm³/mol. The van der Waals surface area contributed by atoms with E-state index in [2.05, 4.69) is 10.1 Å². The third-order valence-corrected chi connectivity index (χ3v) is 2.82. The van der Waals surface area contributed by atoms with Crippen LogP contribution in [0.15, 0.2) is 18.2 Å². The second-order valence-corrected chi connectivity index (χ2v) is 5.31. The van der Waals surface area contributed by atoms with E-state index in [9.17, 15) is 18.0 Å². The number of carbonyl (C=O) groups excluding carboxylic acids is 1. The molecule has 1 amide bonds. The van der Waals surface area contributed by atoms with Gasteiger partial charge in [0.25, 0.3) is 5.91 Å². The number of benzene rings is 1. The first kappa shape index (κ1) is 18.9. The number of nitrogens with one attached hydrogen (secondary N) is 1. The Hall–Kier alpha value is -1.18. The molecule has 0 fully saturated rings. The molecule has 1 N–H and O–H groups in total. The molecular formula is C13H14Cl2F3NO3. The number of hydrogen-bond donors (Lipinski definition) is 1. The average Bonchev–Trinajstić information content (AvgIpc) is 2.36. The zero-order chi connectivity index (χ0) is 16.8. The van der Waals surface area contributed by atoms with Gasteiger partial charge in [0.1, 0.15) is 12.4 Å². The third-order valence-electron chi connectivity index (χ3n) is 2.29. The zero-order valence-corrected chi connectivity index (χ0v) is 13.1. The first-order valence-corrected chi connectivity index (χ1v) is 6.94. The number of carbonyl (C=O) groups is 1. The summed E-state index contributed by atoms with van der Waals surface area (Å²) in [5.74, 6) is -0.226. The van der Waals surface area contributed by atoms with E-state index >= 15 is 0 Å². The summed E-state index contributed by atoms with van der Waals surface area (Å²) in [6.07, 6.45) is -4.39. The number of ether oxygens (including phenoxy) is 2. The standard InChI is InChI=1S/C13H14Cl2F3NO3/c1-8(5-21-7-13(16,17)18)19-12(20)6-22-11-3-2-9(14)4-10(11)15/h2-4,8H,5-7H2,1H3,(H,19,20). The van der Waals surface area contributed by atoms with Crippen molar-refractivity contribution in [2.24, 2.45) is 0 Å². The summed E-state index contributed by atoms with van der Waals surface area (Å²) in [6, 6.07) is 3.94. The Morgan fingerprint density at radius 3 is 2.64 bits per heavy atom. The summed E-state index contributed by atoms with van der Waals surface area (Å²) in [4.78, 5) is 11.6. The van der Waals surface area contributed by atoms with Crippen LogP contribution in [0.3, 0.4) is 0 Å². The average molecular weight is 360 g/mol. The van der Waals surface area contributed by atoms with E-state index in [1.807, 2.05) is 0 Å². The topological polar surface area (TPSA) is 47.6 Å². The predicted octanol–water partition coefficient (Wildman–Crippen LogP) is 3.46. The van der Waals surface area contributed by atoms with Crippen molar-refractivity contribution in [1.82, 2.24) is 5.32 Å². The fraction of sp³-hybridized carbons (Fsp3) is 0.462. The number of halogens is 5. The molecule has 1 rings (SSSR count). The van der Waals surface area contributed by atoms with E-state index < -0.39 is 24.7 Å².